The maximum atomic E-state index is 13.4. The molecule has 0 unspecified atom stereocenters. The Morgan fingerprint density at radius 3 is 2.50 bits per heavy atom. The van der Waals surface area contributed by atoms with Gasteiger partial charge in [0.15, 0.2) is 0 Å². The van der Waals surface area contributed by atoms with Crippen molar-refractivity contribution in [1.29, 1.82) is 0 Å². The molecule has 22 heavy (non-hydrogen) atoms. The van der Waals surface area contributed by atoms with Crippen molar-refractivity contribution in [3.05, 3.63) is 30.1 Å². The average Bonchev–Trinajstić information content (AvgIpc) is 2.44. The Morgan fingerprint density at radius 2 is 1.86 bits per heavy atom. The van der Waals surface area contributed by atoms with Crippen LogP contribution in [0.25, 0.3) is 0 Å². The summed E-state index contributed by atoms with van der Waals surface area (Å²) in [4.78, 5) is 11.0. The van der Waals surface area contributed by atoms with E-state index in [-0.39, 0.29) is 31.3 Å². The number of benzene rings is 1. The molecule has 0 fully saturated rings. The maximum absolute atomic E-state index is 13.4. The van der Waals surface area contributed by atoms with Crippen molar-refractivity contribution in [2.24, 2.45) is 0 Å². The molecule has 0 saturated carbocycles. The van der Waals surface area contributed by atoms with Gasteiger partial charge in [0.1, 0.15) is 10.7 Å². The number of nitrogens with one attached hydrogen (secondary N) is 3. The number of hydrogen-bond donors (Lipinski definition) is 3. The molecule has 1 aromatic rings. The molecular weight excluding hydrogens is 333 g/mol. The highest BCUT2D eigenvalue weighted by Gasteiger charge is 2.18. The van der Waals surface area contributed by atoms with Gasteiger partial charge in [0.2, 0.25) is 15.9 Å². The van der Waals surface area contributed by atoms with Crippen molar-refractivity contribution in [3.8, 4) is 0 Å². The largest absolute Gasteiger partial charge is 0.355 e. The lowest BCUT2D eigenvalue weighted by Gasteiger charge is -2.08. The van der Waals surface area contributed by atoms with Gasteiger partial charge in [0.05, 0.1) is 0 Å². The predicted molar refractivity (Wildman–Crippen MR) is 85.0 cm³/mol. The molecular formula is C13H21ClFN3O3S. The van der Waals surface area contributed by atoms with E-state index in [0.717, 1.165) is 12.6 Å². The minimum Gasteiger partial charge on any atom is -0.355 e. The molecule has 0 bridgehead atoms. The van der Waals surface area contributed by atoms with Crippen molar-refractivity contribution in [1.82, 2.24) is 15.4 Å². The summed E-state index contributed by atoms with van der Waals surface area (Å²) in [7, 11) is -3.93. The summed E-state index contributed by atoms with van der Waals surface area (Å²) in [5.41, 5.74) is 0. The third-order valence-electron chi connectivity index (χ3n) is 2.64. The molecule has 0 atom stereocenters. The Bertz CT molecular complexity index is 569. The Balaban J connectivity index is 0.00000441. The molecule has 6 nitrogen and oxygen atoms in total. The molecule has 9 heteroatoms. The Morgan fingerprint density at radius 1 is 1.18 bits per heavy atom. The zero-order valence-corrected chi connectivity index (χ0v) is 13.9. The average molecular weight is 354 g/mol. The summed E-state index contributed by atoms with van der Waals surface area (Å²) in [6, 6.07) is 5.09. The molecule has 126 valence electrons. The number of carbonyl (C=O) groups excluding carboxylic acids is 1. The van der Waals surface area contributed by atoms with Crippen LogP contribution in [0.1, 0.15) is 13.3 Å². The first-order chi connectivity index (χ1) is 9.97. The molecule has 1 amide bonds. The van der Waals surface area contributed by atoms with Gasteiger partial charge in [0, 0.05) is 26.1 Å². The van der Waals surface area contributed by atoms with Crippen LogP contribution in [0.3, 0.4) is 0 Å². The van der Waals surface area contributed by atoms with Crippen LogP contribution >= 0.6 is 12.4 Å². The number of likely N-dealkylation sites (N-methyl/N-ethyl adjacent to an activating group) is 1. The lowest BCUT2D eigenvalue weighted by molar-refractivity contribution is -0.120. The molecule has 0 spiro atoms. The summed E-state index contributed by atoms with van der Waals surface area (Å²) in [6.07, 6.45) is -0.000191. The number of amides is 1. The monoisotopic (exact) mass is 353 g/mol. The number of rotatable bonds is 9. The first-order valence-corrected chi connectivity index (χ1v) is 8.17. The summed E-state index contributed by atoms with van der Waals surface area (Å²) >= 11 is 0. The summed E-state index contributed by atoms with van der Waals surface area (Å²) in [5.74, 6) is -1.08. The van der Waals surface area contributed by atoms with Crippen LogP contribution in [0.5, 0.6) is 0 Å². The van der Waals surface area contributed by atoms with E-state index in [9.17, 15) is 17.6 Å². The van der Waals surface area contributed by atoms with E-state index in [4.69, 9.17) is 0 Å². The molecule has 0 heterocycles. The van der Waals surface area contributed by atoms with Crippen LogP contribution in [0, 0.1) is 5.82 Å². The fourth-order valence-electron chi connectivity index (χ4n) is 1.59. The summed E-state index contributed by atoms with van der Waals surface area (Å²) in [6.45, 7) is 3.83. The van der Waals surface area contributed by atoms with Gasteiger partial charge in [-0.05, 0) is 18.7 Å². The highest BCUT2D eigenvalue weighted by Crippen LogP contribution is 2.12. The molecule has 0 aliphatic heterocycles. The van der Waals surface area contributed by atoms with Crippen molar-refractivity contribution in [2.75, 3.05) is 26.2 Å². The number of halogens is 2. The van der Waals surface area contributed by atoms with Gasteiger partial charge in [-0.2, -0.15) is 0 Å². The zero-order valence-electron chi connectivity index (χ0n) is 12.3. The quantitative estimate of drug-likeness (QED) is 0.569. The van der Waals surface area contributed by atoms with E-state index < -0.39 is 20.7 Å². The van der Waals surface area contributed by atoms with Crippen LogP contribution in [-0.4, -0.2) is 40.5 Å². The molecule has 0 saturated heterocycles. The van der Waals surface area contributed by atoms with Crippen molar-refractivity contribution in [2.45, 2.75) is 18.2 Å². The number of hydrogen-bond acceptors (Lipinski definition) is 4. The van der Waals surface area contributed by atoms with Crippen LogP contribution in [0.15, 0.2) is 29.2 Å². The van der Waals surface area contributed by atoms with Gasteiger partial charge in [-0.3, -0.25) is 4.79 Å². The van der Waals surface area contributed by atoms with Crippen molar-refractivity contribution in [3.63, 3.8) is 0 Å². The molecule has 0 aliphatic carbocycles. The highest BCUT2D eigenvalue weighted by atomic mass is 35.5. The minimum atomic E-state index is -3.93. The smallest absolute Gasteiger partial charge is 0.243 e. The molecule has 0 aliphatic rings. The third kappa shape index (κ3) is 7.17. The second-order valence-corrected chi connectivity index (χ2v) is 6.02. The third-order valence-corrected chi connectivity index (χ3v) is 4.14. The lowest BCUT2D eigenvalue weighted by Crippen LogP contribution is -2.34. The van der Waals surface area contributed by atoms with E-state index in [1.54, 1.807) is 0 Å². The first-order valence-electron chi connectivity index (χ1n) is 6.69. The van der Waals surface area contributed by atoms with Crippen LogP contribution in [-0.2, 0) is 14.8 Å². The predicted octanol–water partition coefficient (Wildman–Crippen LogP) is 0.642. The normalized spacial score (nSPS) is 10.8. The summed E-state index contributed by atoms with van der Waals surface area (Å²) in [5, 5.41) is 5.69. The van der Waals surface area contributed by atoms with E-state index in [2.05, 4.69) is 15.4 Å². The number of sulfonamides is 1. The zero-order chi connectivity index (χ0) is 15.7. The molecule has 3 N–H and O–H groups in total. The van der Waals surface area contributed by atoms with Gasteiger partial charge >= 0.3 is 0 Å². The van der Waals surface area contributed by atoms with Crippen molar-refractivity contribution >= 4 is 28.3 Å². The van der Waals surface area contributed by atoms with Crippen LogP contribution < -0.4 is 15.4 Å². The highest BCUT2D eigenvalue weighted by molar-refractivity contribution is 7.89. The van der Waals surface area contributed by atoms with Gasteiger partial charge in [-0.1, -0.05) is 19.1 Å². The summed E-state index contributed by atoms with van der Waals surface area (Å²) < 4.78 is 39.3. The minimum absolute atomic E-state index is 0. The van der Waals surface area contributed by atoms with Gasteiger partial charge < -0.3 is 10.6 Å². The van der Waals surface area contributed by atoms with E-state index >= 15 is 0 Å². The number of carbonyl (C=O) groups is 1. The molecule has 1 aromatic carbocycles. The lowest BCUT2D eigenvalue weighted by atomic mass is 10.4. The van der Waals surface area contributed by atoms with Gasteiger partial charge in [-0.25, -0.2) is 17.5 Å². The fraction of sp³-hybridized carbons (Fsp3) is 0.462. The fourth-order valence-corrected chi connectivity index (χ4v) is 2.70. The molecule has 0 radical (unpaired) electrons. The second kappa shape index (κ2) is 10.5. The second-order valence-electron chi connectivity index (χ2n) is 4.28. The molecule has 1 rings (SSSR count). The Kier molecular flexibility index (Phi) is 9.91. The van der Waals surface area contributed by atoms with E-state index in [1.165, 1.54) is 18.2 Å². The van der Waals surface area contributed by atoms with Crippen LogP contribution in [0.2, 0.25) is 0 Å². The Hall–Kier alpha value is -1.22. The maximum Gasteiger partial charge on any atom is 0.243 e. The molecule has 0 aromatic heterocycles. The SMILES string of the molecule is CCNCCNC(=O)CCNS(=O)(=O)c1ccccc1F.Cl. The Labute approximate surface area is 136 Å². The topological polar surface area (TPSA) is 87.3 Å². The van der Waals surface area contributed by atoms with Crippen molar-refractivity contribution < 1.29 is 17.6 Å². The van der Waals surface area contributed by atoms with Gasteiger partial charge in [-0.15, -0.1) is 12.4 Å². The van der Waals surface area contributed by atoms with Crippen LogP contribution in [0.4, 0.5) is 4.39 Å². The van der Waals surface area contributed by atoms with E-state index in [1.807, 2.05) is 6.92 Å². The van der Waals surface area contributed by atoms with Gasteiger partial charge in [0.25, 0.3) is 0 Å². The standard InChI is InChI=1S/C13H20FN3O3S.ClH/c1-2-15-9-10-16-13(18)7-8-17-21(19,20)12-6-4-3-5-11(12)14;/h3-6,15,17H,2,7-10H2,1H3,(H,16,18);1H. The first kappa shape index (κ1) is 20.8. The van der Waals surface area contributed by atoms with E-state index in [0.29, 0.717) is 13.1 Å².